The van der Waals surface area contributed by atoms with Crippen molar-refractivity contribution < 1.29 is 9.90 Å². The monoisotopic (exact) mass is 191 g/mol. The summed E-state index contributed by atoms with van der Waals surface area (Å²) in [6.07, 6.45) is 2.06. The van der Waals surface area contributed by atoms with Crippen molar-refractivity contribution in [3.63, 3.8) is 0 Å². The van der Waals surface area contributed by atoms with Crippen molar-refractivity contribution in [2.24, 2.45) is 0 Å². The molecule has 3 heteroatoms. The van der Waals surface area contributed by atoms with Crippen LogP contribution in [-0.4, -0.2) is 17.6 Å². The summed E-state index contributed by atoms with van der Waals surface area (Å²) >= 11 is 0. The molecule has 1 heterocycles. The van der Waals surface area contributed by atoms with Gasteiger partial charge in [-0.15, -0.1) is 0 Å². The van der Waals surface area contributed by atoms with Crippen molar-refractivity contribution in [3.05, 3.63) is 28.8 Å². The molecule has 1 aromatic carbocycles. The van der Waals surface area contributed by atoms with E-state index in [2.05, 4.69) is 5.32 Å². The molecule has 0 atom stereocenters. The van der Waals surface area contributed by atoms with Crippen LogP contribution in [0.1, 0.15) is 27.9 Å². The van der Waals surface area contributed by atoms with Gasteiger partial charge in [0.15, 0.2) is 0 Å². The zero-order valence-electron chi connectivity index (χ0n) is 8.13. The summed E-state index contributed by atoms with van der Waals surface area (Å²) in [5.41, 5.74) is 3.56. The van der Waals surface area contributed by atoms with Crippen LogP contribution in [0.15, 0.2) is 12.1 Å². The van der Waals surface area contributed by atoms with E-state index in [1.807, 2.05) is 13.0 Å². The quantitative estimate of drug-likeness (QED) is 0.714. The number of carboxylic acids is 1. The van der Waals surface area contributed by atoms with E-state index in [-0.39, 0.29) is 0 Å². The minimum absolute atomic E-state index is 0.394. The molecule has 1 aliphatic heterocycles. The van der Waals surface area contributed by atoms with Crippen LogP contribution in [0.3, 0.4) is 0 Å². The fourth-order valence-corrected chi connectivity index (χ4v) is 1.93. The summed E-state index contributed by atoms with van der Waals surface area (Å²) in [5, 5.41) is 12.2. The topological polar surface area (TPSA) is 49.3 Å². The third kappa shape index (κ3) is 1.35. The Hall–Kier alpha value is -1.51. The van der Waals surface area contributed by atoms with E-state index >= 15 is 0 Å². The molecular formula is C11H13NO2. The third-order valence-corrected chi connectivity index (χ3v) is 2.68. The van der Waals surface area contributed by atoms with E-state index in [0.717, 1.165) is 30.6 Å². The van der Waals surface area contributed by atoms with Crippen molar-refractivity contribution in [3.8, 4) is 0 Å². The van der Waals surface area contributed by atoms with E-state index in [1.165, 1.54) is 5.56 Å². The van der Waals surface area contributed by atoms with Crippen LogP contribution in [0.25, 0.3) is 0 Å². The highest BCUT2D eigenvalue weighted by Crippen LogP contribution is 2.28. The zero-order chi connectivity index (χ0) is 10.1. The Morgan fingerprint density at radius 1 is 1.50 bits per heavy atom. The van der Waals surface area contributed by atoms with E-state index in [0.29, 0.717) is 5.56 Å². The van der Waals surface area contributed by atoms with Gasteiger partial charge in [-0.3, -0.25) is 0 Å². The summed E-state index contributed by atoms with van der Waals surface area (Å²) in [7, 11) is 0. The van der Waals surface area contributed by atoms with Crippen LogP contribution in [0.5, 0.6) is 0 Å². The number of hydrogen-bond acceptors (Lipinski definition) is 2. The lowest BCUT2D eigenvalue weighted by Crippen LogP contribution is -2.16. The molecule has 0 saturated carbocycles. The Bertz CT molecular complexity index is 385. The Morgan fingerprint density at radius 2 is 2.29 bits per heavy atom. The number of fused-ring (bicyclic) bond motifs is 1. The molecule has 14 heavy (non-hydrogen) atoms. The Morgan fingerprint density at radius 3 is 3.00 bits per heavy atom. The number of nitrogens with one attached hydrogen (secondary N) is 1. The number of rotatable bonds is 1. The van der Waals surface area contributed by atoms with Crippen molar-refractivity contribution in [2.75, 3.05) is 11.9 Å². The SMILES string of the molecule is Cc1ccc(C(=O)O)c2c1CCCN2. The zero-order valence-corrected chi connectivity index (χ0v) is 8.13. The van der Waals surface area contributed by atoms with Crippen molar-refractivity contribution >= 4 is 11.7 Å². The predicted molar refractivity (Wildman–Crippen MR) is 54.9 cm³/mol. The molecule has 1 aliphatic rings. The molecule has 3 nitrogen and oxygen atoms in total. The van der Waals surface area contributed by atoms with Crippen molar-refractivity contribution in [1.29, 1.82) is 0 Å². The first kappa shape index (κ1) is 9.06. The fourth-order valence-electron chi connectivity index (χ4n) is 1.93. The van der Waals surface area contributed by atoms with Crippen LogP contribution in [0, 0.1) is 6.92 Å². The molecule has 0 amide bonds. The number of aryl methyl sites for hydroxylation is 1. The van der Waals surface area contributed by atoms with E-state index in [9.17, 15) is 4.79 Å². The van der Waals surface area contributed by atoms with Crippen molar-refractivity contribution in [2.45, 2.75) is 19.8 Å². The summed E-state index contributed by atoms with van der Waals surface area (Å²) in [6.45, 7) is 2.90. The van der Waals surface area contributed by atoms with Gasteiger partial charge in [0.1, 0.15) is 0 Å². The summed E-state index contributed by atoms with van der Waals surface area (Å²) < 4.78 is 0. The van der Waals surface area contributed by atoms with Gasteiger partial charge in [-0.05, 0) is 37.0 Å². The lowest BCUT2D eigenvalue weighted by molar-refractivity contribution is 0.0698. The first-order valence-electron chi connectivity index (χ1n) is 4.80. The van der Waals surface area contributed by atoms with E-state index in [4.69, 9.17) is 5.11 Å². The van der Waals surface area contributed by atoms with Gasteiger partial charge >= 0.3 is 5.97 Å². The van der Waals surface area contributed by atoms with Crippen LogP contribution < -0.4 is 5.32 Å². The molecule has 0 aromatic heterocycles. The molecule has 0 aliphatic carbocycles. The standard InChI is InChI=1S/C11H13NO2/c1-7-4-5-9(11(13)14)10-8(7)3-2-6-12-10/h4-5,12H,2-3,6H2,1H3,(H,13,14). The number of anilines is 1. The normalized spacial score (nSPS) is 14.4. The average Bonchev–Trinajstić information content (AvgIpc) is 2.18. The molecule has 2 rings (SSSR count). The second kappa shape index (κ2) is 3.33. The summed E-state index contributed by atoms with van der Waals surface area (Å²) in [6, 6.07) is 3.56. The van der Waals surface area contributed by atoms with Gasteiger partial charge in [-0.1, -0.05) is 6.07 Å². The minimum Gasteiger partial charge on any atom is -0.478 e. The summed E-state index contributed by atoms with van der Waals surface area (Å²) in [5.74, 6) is -0.851. The maximum absolute atomic E-state index is 10.9. The number of carboxylic acid groups (broad SMARTS) is 1. The minimum atomic E-state index is -0.851. The Balaban J connectivity index is 2.59. The number of aromatic carboxylic acids is 1. The van der Waals surface area contributed by atoms with E-state index in [1.54, 1.807) is 6.07 Å². The van der Waals surface area contributed by atoms with Gasteiger partial charge in [-0.2, -0.15) is 0 Å². The maximum atomic E-state index is 10.9. The molecule has 0 radical (unpaired) electrons. The summed E-state index contributed by atoms with van der Waals surface area (Å²) in [4.78, 5) is 10.9. The molecule has 2 N–H and O–H groups in total. The van der Waals surface area contributed by atoms with Crippen LogP contribution >= 0.6 is 0 Å². The molecule has 0 fully saturated rings. The van der Waals surface area contributed by atoms with Crippen LogP contribution in [-0.2, 0) is 6.42 Å². The van der Waals surface area contributed by atoms with Gasteiger partial charge in [0.2, 0.25) is 0 Å². The molecular weight excluding hydrogens is 178 g/mol. The molecule has 0 bridgehead atoms. The third-order valence-electron chi connectivity index (χ3n) is 2.68. The second-order valence-electron chi connectivity index (χ2n) is 3.62. The molecule has 1 aromatic rings. The van der Waals surface area contributed by atoms with E-state index < -0.39 is 5.97 Å². The fraction of sp³-hybridized carbons (Fsp3) is 0.364. The highest BCUT2D eigenvalue weighted by molar-refractivity contribution is 5.95. The number of carbonyl (C=O) groups is 1. The highest BCUT2D eigenvalue weighted by Gasteiger charge is 2.18. The lowest BCUT2D eigenvalue weighted by Gasteiger charge is -2.21. The van der Waals surface area contributed by atoms with Gasteiger partial charge in [0, 0.05) is 6.54 Å². The molecule has 0 unspecified atom stereocenters. The maximum Gasteiger partial charge on any atom is 0.337 e. The number of benzene rings is 1. The molecule has 0 saturated heterocycles. The second-order valence-corrected chi connectivity index (χ2v) is 3.62. The lowest BCUT2D eigenvalue weighted by atomic mass is 9.95. The number of hydrogen-bond donors (Lipinski definition) is 2. The first-order chi connectivity index (χ1) is 6.70. The van der Waals surface area contributed by atoms with Gasteiger partial charge in [-0.25, -0.2) is 4.79 Å². The van der Waals surface area contributed by atoms with Crippen LogP contribution in [0.4, 0.5) is 5.69 Å². The smallest absolute Gasteiger partial charge is 0.337 e. The van der Waals surface area contributed by atoms with Gasteiger partial charge < -0.3 is 10.4 Å². The average molecular weight is 191 g/mol. The highest BCUT2D eigenvalue weighted by atomic mass is 16.4. The molecule has 74 valence electrons. The molecule has 0 spiro atoms. The predicted octanol–water partition coefficient (Wildman–Crippen LogP) is 2.05. The van der Waals surface area contributed by atoms with Crippen molar-refractivity contribution in [1.82, 2.24) is 0 Å². The van der Waals surface area contributed by atoms with Crippen LogP contribution in [0.2, 0.25) is 0 Å². The first-order valence-corrected chi connectivity index (χ1v) is 4.80. The Kier molecular flexibility index (Phi) is 2.15. The Labute approximate surface area is 82.8 Å². The largest absolute Gasteiger partial charge is 0.478 e. The van der Waals surface area contributed by atoms with Gasteiger partial charge in [0.25, 0.3) is 0 Å². The van der Waals surface area contributed by atoms with Gasteiger partial charge in [0.05, 0.1) is 11.3 Å².